The Morgan fingerprint density at radius 3 is 2.72 bits per heavy atom. The highest BCUT2D eigenvalue weighted by molar-refractivity contribution is 7.11. The van der Waals surface area contributed by atoms with Crippen LogP contribution < -0.4 is 5.32 Å². The van der Waals surface area contributed by atoms with Crippen molar-refractivity contribution in [3.63, 3.8) is 0 Å². The van der Waals surface area contributed by atoms with Crippen LogP contribution in [-0.4, -0.2) is 5.91 Å². The Hall–Kier alpha value is -2.19. The lowest BCUT2D eigenvalue weighted by molar-refractivity contribution is -0.114. The molecule has 1 amide bonds. The summed E-state index contributed by atoms with van der Waals surface area (Å²) in [5.41, 5.74) is 1.28. The molecule has 0 spiro atoms. The molecule has 3 nitrogen and oxygen atoms in total. The van der Waals surface area contributed by atoms with E-state index in [1.165, 1.54) is 24.3 Å². The molecule has 0 radical (unpaired) electrons. The number of nitrogens with one attached hydrogen (secondary N) is 1. The summed E-state index contributed by atoms with van der Waals surface area (Å²) in [5, 5.41) is 13.2. The monoisotopic (exact) mass is 260 g/mol. The highest BCUT2D eigenvalue weighted by atomic mass is 32.1. The molecule has 0 saturated heterocycles. The van der Waals surface area contributed by atoms with Crippen molar-refractivity contribution in [2.45, 2.75) is 6.92 Å². The van der Waals surface area contributed by atoms with Gasteiger partial charge in [-0.15, -0.1) is 11.3 Å². The largest absolute Gasteiger partial charge is 0.324 e. The van der Waals surface area contributed by atoms with Crippen molar-refractivity contribution < 1.29 is 9.18 Å². The van der Waals surface area contributed by atoms with Gasteiger partial charge in [-0.2, -0.15) is 5.26 Å². The summed E-state index contributed by atoms with van der Waals surface area (Å²) in [7, 11) is 0. The number of anilines is 1. The highest BCUT2D eigenvalue weighted by Crippen LogP contribution is 2.37. The van der Waals surface area contributed by atoms with Crippen LogP contribution in [0.3, 0.4) is 0 Å². The normalized spacial score (nSPS) is 9.83. The van der Waals surface area contributed by atoms with Gasteiger partial charge in [0.05, 0.1) is 5.69 Å². The summed E-state index contributed by atoms with van der Waals surface area (Å²) in [5.74, 6) is -0.672. The predicted octanol–water partition coefficient (Wildman–Crippen LogP) is 3.38. The summed E-state index contributed by atoms with van der Waals surface area (Å²) in [4.78, 5) is 11.5. The molecule has 1 heterocycles. The van der Waals surface area contributed by atoms with Gasteiger partial charge in [0.2, 0.25) is 5.91 Å². The Labute approximate surface area is 107 Å². The number of hydrogen-bond acceptors (Lipinski definition) is 3. The minimum atomic E-state index is -0.383. The first-order valence-corrected chi connectivity index (χ1v) is 6.05. The number of rotatable bonds is 2. The summed E-state index contributed by atoms with van der Waals surface area (Å²) in [6, 6.07) is 8.25. The van der Waals surface area contributed by atoms with Gasteiger partial charge in [0.1, 0.15) is 16.8 Å². The van der Waals surface area contributed by atoms with Crippen molar-refractivity contribution in [2.24, 2.45) is 0 Å². The second-order valence-corrected chi connectivity index (χ2v) is 4.51. The first-order valence-electron chi connectivity index (χ1n) is 5.17. The van der Waals surface area contributed by atoms with Gasteiger partial charge in [0.25, 0.3) is 0 Å². The third-order valence-electron chi connectivity index (χ3n) is 2.36. The zero-order chi connectivity index (χ0) is 13.1. The van der Waals surface area contributed by atoms with E-state index in [1.54, 1.807) is 23.6 Å². The number of carbonyl (C=O) groups is 1. The molecule has 0 unspecified atom stereocenters. The Bertz CT molecular complexity index is 643. The van der Waals surface area contributed by atoms with Crippen molar-refractivity contribution in [1.82, 2.24) is 0 Å². The first kappa shape index (κ1) is 12.3. The van der Waals surface area contributed by atoms with Gasteiger partial charge in [-0.1, -0.05) is 18.2 Å². The molecular formula is C13H9FN2OS. The molecule has 90 valence electrons. The van der Waals surface area contributed by atoms with Crippen LogP contribution in [0.4, 0.5) is 10.1 Å². The lowest BCUT2D eigenvalue weighted by atomic mass is 10.1. The predicted molar refractivity (Wildman–Crippen MR) is 68.7 cm³/mol. The zero-order valence-corrected chi connectivity index (χ0v) is 10.3. The molecule has 5 heteroatoms. The van der Waals surface area contributed by atoms with Crippen molar-refractivity contribution in [3.8, 4) is 17.2 Å². The maximum atomic E-state index is 13.7. The molecule has 0 bridgehead atoms. The fraction of sp³-hybridized carbons (Fsp3) is 0.0769. The molecule has 0 aliphatic rings. The molecule has 2 rings (SSSR count). The molecule has 0 aliphatic carbocycles. The number of hydrogen-bond donors (Lipinski definition) is 1. The van der Waals surface area contributed by atoms with E-state index in [9.17, 15) is 9.18 Å². The lowest BCUT2D eigenvalue weighted by Crippen LogP contribution is -2.07. The highest BCUT2D eigenvalue weighted by Gasteiger charge is 2.16. The van der Waals surface area contributed by atoms with Crippen molar-refractivity contribution in [3.05, 3.63) is 40.3 Å². The molecule has 1 aromatic carbocycles. The molecule has 0 fully saturated rings. The van der Waals surface area contributed by atoms with Gasteiger partial charge in [-0.25, -0.2) is 4.39 Å². The molecule has 1 N–H and O–H groups in total. The van der Waals surface area contributed by atoms with Gasteiger partial charge < -0.3 is 5.32 Å². The van der Waals surface area contributed by atoms with E-state index in [1.807, 2.05) is 6.07 Å². The van der Waals surface area contributed by atoms with Gasteiger partial charge in [0.15, 0.2) is 0 Å². The smallest absolute Gasteiger partial charge is 0.221 e. The Kier molecular flexibility index (Phi) is 3.40. The van der Waals surface area contributed by atoms with Crippen LogP contribution in [0.1, 0.15) is 11.8 Å². The van der Waals surface area contributed by atoms with Gasteiger partial charge in [-0.3, -0.25) is 4.79 Å². The van der Waals surface area contributed by atoms with Crippen LogP contribution in [0.15, 0.2) is 29.6 Å². The number of nitriles is 1. The average molecular weight is 260 g/mol. The van der Waals surface area contributed by atoms with E-state index in [4.69, 9.17) is 5.26 Å². The van der Waals surface area contributed by atoms with E-state index in [0.29, 0.717) is 21.7 Å². The maximum absolute atomic E-state index is 13.7. The minimum absolute atomic E-state index is 0.289. The van der Waals surface area contributed by atoms with Crippen LogP contribution in [0.2, 0.25) is 0 Å². The van der Waals surface area contributed by atoms with Crippen LogP contribution in [0.25, 0.3) is 11.1 Å². The van der Waals surface area contributed by atoms with Crippen LogP contribution in [0, 0.1) is 17.1 Å². The SMILES string of the molecule is CC(=O)Nc1c(-c2ccccc2F)csc1C#N. The summed E-state index contributed by atoms with van der Waals surface area (Å²) >= 11 is 1.18. The van der Waals surface area contributed by atoms with Crippen molar-refractivity contribution in [1.29, 1.82) is 5.26 Å². The number of halogens is 1. The van der Waals surface area contributed by atoms with Crippen molar-refractivity contribution in [2.75, 3.05) is 5.32 Å². The van der Waals surface area contributed by atoms with Crippen LogP contribution >= 0.6 is 11.3 Å². The van der Waals surface area contributed by atoms with E-state index in [-0.39, 0.29) is 11.7 Å². The lowest BCUT2D eigenvalue weighted by Gasteiger charge is -2.06. The number of benzene rings is 1. The zero-order valence-electron chi connectivity index (χ0n) is 9.53. The number of nitrogens with zero attached hydrogens (tertiary/aromatic N) is 1. The standard InChI is InChI=1S/C13H9FN2OS/c1-8(17)16-13-10(7-18-12(13)6-15)9-4-2-3-5-11(9)14/h2-5,7H,1H3,(H,16,17). The Morgan fingerprint density at radius 1 is 1.39 bits per heavy atom. The molecule has 2 aromatic rings. The molecule has 18 heavy (non-hydrogen) atoms. The van der Waals surface area contributed by atoms with E-state index >= 15 is 0 Å². The second kappa shape index (κ2) is 4.98. The fourth-order valence-electron chi connectivity index (χ4n) is 1.62. The molecule has 1 aromatic heterocycles. The van der Waals surface area contributed by atoms with Gasteiger partial charge >= 0.3 is 0 Å². The summed E-state index contributed by atoms with van der Waals surface area (Å²) < 4.78 is 13.7. The van der Waals surface area contributed by atoms with E-state index < -0.39 is 0 Å². The van der Waals surface area contributed by atoms with E-state index in [0.717, 1.165) is 0 Å². The Morgan fingerprint density at radius 2 is 2.11 bits per heavy atom. The maximum Gasteiger partial charge on any atom is 0.221 e. The molecule has 0 aliphatic heterocycles. The minimum Gasteiger partial charge on any atom is -0.324 e. The second-order valence-electron chi connectivity index (χ2n) is 3.63. The van der Waals surface area contributed by atoms with Gasteiger partial charge in [0, 0.05) is 23.4 Å². The van der Waals surface area contributed by atoms with E-state index in [2.05, 4.69) is 5.32 Å². The number of thiophene rings is 1. The first-order chi connectivity index (χ1) is 8.63. The molecule has 0 atom stereocenters. The third kappa shape index (κ3) is 2.24. The quantitative estimate of drug-likeness (QED) is 0.899. The molecule has 0 saturated carbocycles. The van der Waals surface area contributed by atoms with Crippen LogP contribution in [0.5, 0.6) is 0 Å². The fourth-order valence-corrected chi connectivity index (χ4v) is 2.43. The van der Waals surface area contributed by atoms with Crippen molar-refractivity contribution >= 4 is 22.9 Å². The van der Waals surface area contributed by atoms with Crippen LogP contribution in [-0.2, 0) is 4.79 Å². The Balaban J connectivity index is 2.59. The summed E-state index contributed by atoms with van der Waals surface area (Å²) in [6.07, 6.45) is 0. The molecular weight excluding hydrogens is 251 g/mol. The average Bonchev–Trinajstić information content (AvgIpc) is 2.72. The number of carbonyl (C=O) groups excluding carboxylic acids is 1. The summed E-state index contributed by atoms with van der Waals surface area (Å²) in [6.45, 7) is 1.35. The number of amides is 1. The third-order valence-corrected chi connectivity index (χ3v) is 3.24. The topological polar surface area (TPSA) is 52.9 Å². The van der Waals surface area contributed by atoms with Gasteiger partial charge in [-0.05, 0) is 6.07 Å².